The molecule has 1 unspecified atom stereocenters. The van der Waals surface area contributed by atoms with Gasteiger partial charge in [-0.2, -0.15) is 0 Å². The maximum absolute atomic E-state index is 5.97. The average molecular weight is 202 g/mol. The van der Waals surface area contributed by atoms with Crippen molar-refractivity contribution in [3.63, 3.8) is 0 Å². The Balaban J connectivity index is 2.09. The van der Waals surface area contributed by atoms with E-state index in [1.165, 1.54) is 12.8 Å². The van der Waals surface area contributed by atoms with Crippen molar-refractivity contribution in [1.82, 2.24) is 4.58 Å². The molecule has 0 aromatic carbocycles. The van der Waals surface area contributed by atoms with Crippen LogP contribution in [0, 0.1) is 16.7 Å². The van der Waals surface area contributed by atoms with Crippen molar-refractivity contribution in [3.8, 4) is 0 Å². The van der Waals surface area contributed by atoms with Crippen molar-refractivity contribution in [2.24, 2.45) is 16.7 Å². The van der Waals surface area contributed by atoms with Gasteiger partial charge in [-0.05, 0) is 30.6 Å². The van der Waals surface area contributed by atoms with Crippen molar-refractivity contribution >= 4 is 11.8 Å². The molecule has 2 saturated carbocycles. The van der Waals surface area contributed by atoms with Gasteiger partial charge >= 0.3 is 0 Å². The molecule has 2 aliphatic carbocycles. The third kappa shape index (κ3) is 0.651. The predicted octanol–water partition coefficient (Wildman–Crippen LogP) is 2.93. The smallest absolute Gasteiger partial charge is 0.188 e. The number of hydrogen-bond donors (Lipinski definition) is 0. The molecule has 13 heavy (non-hydrogen) atoms. The van der Waals surface area contributed by atoms with Gasteiger partial charge in [0.15, 0.2) is 5.72 Å². The molecule has 3 fully saturated rings. The molecule has 1 saturated heterocycles. The highest BCUT2D eigenvalue weighted by atomic mass is 35.5. The summed E-state index contributed by atoms with van der Waals surface area (Å²) in [5.74, 6) is 0.793. The largest absolute Gasteiger partial charge is 0.254 e. The highest BCUT2D eigenvalue weighted by Crippen LogP contribution is 2.76. The monoisotopic (exact) mass is 201 g/mol. The Morgan fingerprint density at radius 1 is 1.38 bits per heavy atom. The topological polar surface area (TPSA) is 15.5 Å². The molecule has 4 atom stereocenters. The van der Waals surface area contributed by atoms with E-state index in [9.17, 15) is 0 Å². The molecule has 3 rings (SSSR count). The number of rotatable bonds is 0. The molecule has 0 amide bonds. The summed E-state index contributed by atoms with van der Waals surface area (Å²) in [6.07, 6.45) is 3.73. The summed E-state index contributed by atoms with van der Waals surface area (Å²) >= 11 is 5.97. The van der Waals surface area contributed by atoms with E-state index in [1.54, 1.807) is 4.58 Å². The zero-order chi connectivity index (χ0) is 9.48. The maximum atomic E-state index is 5.97. The first-order valence-electron chi connectivity index (χ1n) is 5.09. The van der Waals surface area contributed by atoms with E-state index >= 15 is 0 Å². The highest BCUT2D eigenvalue weighted by molar-refractivity contribution is 6.14. The molecule has 0 N–H and O–H groups in total. The van der Waals surface area contributed by atoms with E-state index in [1.807, 2.05) is 0 Å². The molecule has 2 bridgehead atoms. The van der Waals surface area contributed by atoms with Gasteiger partial charge in [-0.1, -0.05) is 25.4 Å². The molecule has 1 heterocycles. The lowest BCUT2D eigenvalue weighted by molar-refractivity contribution is 0.0701. The molecular formula is C10H16ClNO. The Labute approximate surface area is 84.2 Å². The average Bonchev–Trinajstić information content (AvgIpc) is 2.58. The zero-order valence-corrected chi connectivity index (χ0v) is 9.19. The number of halogens is 1. The summed E-state index contributed by atoms with van der Waals surface area (Å²) in [6.45, 7) is 7.07. The number of fused-ring (bicyclic) bond motifs is 3. The SMILES string of the molecule is CC1(C)[C@@H]2CC[C@@]1(C)[C@]1(C2)ON1Cl. The number of nitrogens with zero attached hydrogens (tertiary/aromatic N) is 1. The van der Waals surface area contributed by atoms with Crippen molar-refractivity contribution < 1.29 is 4.84 Å². The van der Waals surface area contributed by atoms with Crippen LogP contribution >= 0.6 is 11.8 Å². The molecule has 0 aromatic rings. The molecule has 2 nitrogen and oxygen atoms in total. The van der Waals surface area contributed by atoms with Gasteiger partial charge in [0.05, 0.1) is 0 Å². The van der Waals surface area contributed by atoms with Gasteiger partial charge in [0.1, 0.15) is 0 Å². The lowest BCUT2D eigenvalue weighted by Gasteiger charge is -2.36. The third-order valence-electron chi connectivity index (χ3n) is 5.30. The lowest BCUT2D eigenvalue weighted by atomic mass is 9.68. The molecule has 1 spiro atoms. The Bertz CT molecular complexity index is 280. The molecule has 3 heteroatoms. The molecule has 0 radical (unpaired) electrons. The van der Waals surface area contributed by atoms with Gasteiger partial charge in [-0.15, -0.1) is 0 Å². The third-order valence-corrected chi connectivity index (χ3v) is 5.65. The van der Waals surface area contributed by atoms with E-state index in [0.29, 0.717) is 5.41 Å². The van der Waals surface area contributed by atoms with Gasteiger partial charge < -0.3 is 0 Å². The van der Waals surface area contributed by atoms with E-state index < -0.39 is 0 Å². The second-order valence-corrected chi connectivity index (χ2v) is 5.92. The number of hydroxylamine groups is 1. The van der Waals surface area contributed by atoms with Crippen molar-refractivity contribution in [3.05, 3.63) is 0 Å². The minimum Gasteiger partial charge on any atom is -0.254 e. The second kappa shape index (κ2) is 1.93. The van der Waals surface area contributed by atoms with Crippen molar-refractivity contribution in [1.29, 1.82) is 0 Å². The van der Waals surface area contributed by atoms with E-state index in [0.717, 1.165) is 12.3 Å². The van der Waals surface area contributed by atoms with Crippen molar-refractivity contribution in [2.75, 3.05) is 0 Å². The first-order valence-corrected chi connectivity index (χ1v) is 5.43. The number of hydrogen-bond acceptors (Lipinski definition) is 2. The fraction of sp³-hybridized carbons (Fsp3) is 1.00. The fourth-order valence-corrected chi connectivity index (χ4v) is 4.10. The van der Waals surface area contributed by atoms with Crippen LogP contribution in [0.2, 0.25) is 0 Å². The van der Waals surface area contributed by atoms with Crippen LogP contribution in [0.15, 0.2) is 0 Å². The lowest BCUT2D eigenvalue weighted by Crippen LogP contribution is -2.39. The van der Waals surface area contributed by atoms with Crippen molar-refractivity contribution in [2.45, 2.75) is 45.8 Å². The summed E-state index contributed by atoms with van der Waals surface area (Å²) in [7, 11) is 0. The normalized spacial score (nSPS) is 61.8. The molecule has 74 valence electrons. The first-order chi connectivity index (χ1) is 5.94. The molecule has 0 aromatic heterocycles. The van der Waals surface area contributed by atoms with Gasteiger partial charge in [0, 0.05) is 17.2 Å². The van der Waals surface area contributed by atoms with Crippen LogP contribution in [0.5, 0.6) is 0 Å². The summed E-state index contributed by atoms with van der Waals surface area (Å²) in [6, 6.07) is 0. The zero-order valence-electron chi connectivity index (χ0n) is 8.43. The van der Waals surface area contributed by atoms with Crippen LogP contribution in [-0.2, 0) is 4.84 Å². The minimum absolute atomic E-state index is 0.110. The van der Waals surface area contributed by atoms with Crippen LogP contribution in [0.4, 0.5) is 0 Å². The van der Waals surface area contributed by atoms with Crippen LogP contribution in [0.25, 0.3) is 0 Å². The summed E-state index contributed by atoms with van der Waals surface area (Å²) in [5.41, 5.74) is 0.532. The van der Waals surface area contributed by atoms with E-state index in [4.69, 9.17) is 16.6 Å². The minimum atomic E-state index is -0.110. The molecule has 3 aliphatic rings. The fourth-order valence-electron chi connectivity index (χ4n) is 3.73. The van der Waals surface area contributed by atoms with Gasteiger partial charge in [-0.25, -0.2) is 0 Å². The van der Waals surface area contributed by atoms with E-state index in [-0.39, 0.29) is 11.1 Å². The summed E-state index contributed by atoms with van der Waals surface area (Å²) in [5, 5.41) is 0. The molecular weight excluding hydrogens is 186 g/mol. The van der Waals surface area contributed by atoms with Crippen LogP contribution in [0.1, 0.15) is 40.0 Å². The summed E-state index contributed by atoms with van der Waals surface area (Å²) < 4.78 is 1.56. The quantitative estimate of drug-likeness (QED) is 0.443. The summed E-state index contributed by atoms with van der Waals surface area (Å²) in [4.78, 5) is 5.54. The van der Waals surface area contributed by atoms with Crippen LogP contribution < -0.4 is 0 Å². The van der Waals surface area contributed by atoms with E-state index in [2.05, 4.69) is 20.8 Å². The predicted molar refractivity (Wildman–Crippen MR) is 50.7 cm³/mol. The van der Waals surface area contributed by atoms with Crippen LogP contribution in [-0.4, -0.2) is 10.3 Å². The Kier molecular flexibility index (Phi) is 1.26. The van der Waals surface area contributed by atoms with Gasteiger partial charge in [0.25, 0.3) is 0 Å². The van der Waals surface area contributed by atoms with Gasteiger partial charge in [0.2, 0.25) is 0 Å². The Hall–Kier alpha value is 0.210. The Morgan fingerprint density at radius 3 is 2.23 bits per heavy atom. The van der Waals surface area contributed by atoms with Crippen LogP contribution in [0.3, 0.4) is 0 Å². The first kappa shape index (κ1) is 8.51. The Morgan fingerprint density at radius 2 is 2.00 bits per heavy atom. The highest BCUT2D eigenvalue weighted by Gasteiger charge is 2.79. The van der Waals surface area contributed by atoms with Gasteiger partial charge in [-0.3, -0.25) is 4.84 Å². The second-order valence-electron chi connectivity index (χ2n) is 5.61. The standard InChI is InChI=1S/C10H16ClNO/c1-8(2)7-4-5-9(8,3)10(6-7)12(11)13-10/h7H,4-6H2,1-3H3/t7-,9-,10+,12?/m1/s1. The maximum Gasteiger partial charge on any atom is 0.188 e. The molecule has 1 aliphatic heterocycles.